The number of methoxy groups -OCH3 is 1. The SMILES string of the molecule is CNCc1ccncc1N(CCOC)C(C)C1CC1. The average molecular weight is 263 g/mol. The molecule has 1 aromatic heterocycles. The van der Waals surface area contributed by atoms with Crippen molar-refractivity contribution in [3.05, 3.63) is 24.0 Å². The largest absolute Gasteiger partial charge is 0.383 e. The smallest absolute Gasteiger partial charge is 0.0637 e. The molecule has 1 atom stereocenters. The van der Waals surface area contributed by atoms with Crippen molar-refractivity contribution in [1.82, 2.24) is 10.3 Å². The Morgan fingerprint density at radius 3 is 2.95 bits per heavy atom. The number of pyridine rings is 1. The van der Waals surface area contributed by atoms with Crippen LogP contribution in [0.1, 0.15) is 25.3 Å². The number of nitrogens with zero attached hydrogens (tertiary/aromatic N) is 2. The van der Waals surface area contributed by atoms with E-state index in [0.717, 1.165) is 25.6 Å². The van der Waals surface area contributed by atoms with Gasteiger partial charge in [-0.25, -0.2) is 0 Å². The van der Waals surface area contributed by atoms with E-state index in [2.05, 4.69) is 28.2 Å². The molecule has 1 unspecified atom stereocenters. The van der Waals surface area contributed by atoms with Gasteiger partial charge in [-0.15, -0.1) is 0 Å². The standard InChI is InChI=1S/C15H25N3O/c1-12(13-4-5-13)18(8-9-19-3)15-11-17-7-6-14(15)10-16-2/h6-7,11-13,16H,4-5,8-10H2,1-3H3. The molecule has 4 nitrogen and oxygen atoms in total. The Kier molecular flexibility index (Phi) is 5.16. The maximum absolute atomic E-state index is 5.27. The summed E-state index contributed by atoms with van der Waals surface area (Å²) < 4.78 is 5.27. The number of anilines is 1. The zero-order valence-corrected chi connectivity index (χ0v) is 12.2. The molecule has 0 aliphatic heterocycles. The number of nitrogens with one attached hydrogen (secondary N) is 1. The molecule has 0 aromatic carbocycles. The first-order chi connectivity index (χ1) is 9.27. The van der Waals surface area contributed by atoms with Gasteiger partial charge in [-0.05, 0) is 44.4 Å². The van der Waals surface area contributed by atoms with Gasteiger partial charge in [0.15, 0.2) is 0 Å². The summed E-state index contributed by atoms with van der Waals surface area (Å²) in [7, 11) is 3.74. The molecule has 106 valence electrons. The van der Waals surface area contributed by atoms with Crippen LogP contribution < -0.4 is 10.2 Å². The summed E-state index contributed by atoms with van der Waals surface area (Å²) in [5.74, 6) is 0.833. The first-order valence-electron chi connectivity index (χ1n) is 7.11. The molecule has 1 aliphatic rings. The quantitative estimate of drug-likeness (QED) is 0.779. The topological polar surface area (TPSA) is 37.4 Å². The third kappa shape index (κ3) is 3.67. The fourth-order valence-electron chi connectivity index (χ4n) is 2.58. The lowest BCUT2D eigenvalue weighted by atomic mass is 10.1. The molecule has 0 spiro atoms. The maximum Gasteiger partial charge on any atom is 0.0637 e. The van der Waals surface area contributed by atoms with Gasteiger partial charge in [0.05, 0.1) is 18.5 Å². The molecule has 1 aliphatic carbocycles. The van der Waals surface area contributed by atoms with Gasteiger partial charge in [-0.3, -0.25) is 4.98 Å². The first-order valence-corrected chi connectivity index (χ1v) is 7.11. The molecule has 0 radical (unpaired) electrons. The minimum Gasteiger partial charge on any atom is -0.383 e. The summed E-state index contributed by atoms with van der Waals surface area (Å²) in [6.07, 6.45) is 6.56. The van der Waals surface area contributed by atoms with Crippen molar-refractivity contribution in [1.29, 1.82) is 0 Å². The highest BCUT2D eigenvalue weighted by Gasteiger charge is 2.32. The van der Waals surface area contributed by atoms with Crippen molar-refractivity contribution in [2.24, 2.45) is 5.92 Å². The van der Waals surface area contributed by atoms with Crippen LogP contribution in [0, 0.1) is 5.92 Å². The van der Waals surface area contributed by atoms with E-state index in [-0.39, 0.29) is 0 Å². The number of ether oxygens (including phenoxy) is 1. The maximum atomic E-state index is 5.27. The molecule has 0 saturated heterocycles. The predicted octanol–water partition coefficient (Wildman–Crippen LogP) is 2.05. The summed E-state index contributed by atoms with van der Waals surface area (Å²) in [5, 5.41) is 3.23. The summed E-state index contributed by atoms with van der Waals surface area (Å²) >= 11 is 0. The minimum atomic E-state index is 0.565. The van der Waals surface area contributed by atoms with Crippen molar-refractivity contribution in [2.45, 2.75) is 32.4 Å². The van der Waals surface area contributed by atoms with Gasteiger partial charge in [0.25, 0.3) is 0 Å². The Hall–Kier alpha value is -1.13. The first kappa shape index (κ1) is 14.3. The van der Waals surface area contributed by atoms with E-state index in [1.54, 1.807) is 7.11 Å². The van der Waals surface area contributed by atoms with Gasteiger partial charge in [0.2, 0.25) is 0 Å². The highest BCUT2D eigenvalue weighted by Crippen LogP contribution is 2.37. The minimum absolute atomic E-state index is 0.565. The molecule has 2 rings (SSSR count). The zero-order chi connectivity index (χ0) is 13.7. The van der Waals surface area contributed by atoms with Crippen LogP contribution in [0.5, 0.6) is 0 Å². The number of aromatic nitrogens is 1. The monoisotopic (exact) mass is 263 g/mol. The van der Waals surface area contributed by atoms with Crippen LogP contribution in [0.4, 0.5) is 5.69 Å². The Morgan fingerprint density at radius 2 is 2.32 bits per heavy atom. The normalized spacial score (nSPS) is 16.4. The van der Waals surface area contributed by atoms with Gasteiger partial charge in [0, 0.05) is 32.4 Å². The third-order valence-corrected chi connectivity index (χ3v) is 3.90. The molecule has 1 heterocycles. The molecule has 19 heavy (non-hydrogen) atoms. The van der Waals surface area contributed by atoms with Gasteiger partial charge in [0.1, 0.15) is 0 Å². The van der Waals surface area contributed by atoms with Crippen molar-refractivity contribution < 1.29 is 4.74 Å². The second-order valence-electron chi connectivity index (χ2n) is 5.30. The van der Waals surface area contributed by atoms with Crippen molar-refractivity contribution in [3.8, 4) is 0 Å². The molecular weight excluding hydrogens is 238 g/mol. The summed E-state index contributed by atoms with van der Waals surface area (Å²) in [6, 6.07) is 2.67. The third-order valence-electron chi connectivity index (χ3n) is 3.90. The fraction of sp³-hybridized carbons (Fsp3) is 0.667. The van der Waals surface area contributed by atoms with Gasteiger partial charge in [-0.1, -0.05) is 0 Å². The summed E-state index contributed by atoms with van der Waals surface area (Å²) in [4.78, 5) is 6.77. The molecule has 0 amide bonds. The predicted molar refractivity (Wildman–Crippen MR) is 78.4 cm³/mol. The lowest BCUT2D eigenvalue weighted by Crippen LogP contribution is -2.38. The second-order valence-corrected chi connectivity index (χ2v) is 5.30. The molecule has 4 heteroatoms. The summed E-state index contributed by atoms with van der Waals surface area (Å²) in [6.45, 7) is 4.88. The van der Waals surface area contributed by atoms with Crippen molar-refractivity contribution >= 4 is 5.69 Å². The molecule has 1 saturated carbocycles. The molecule has 1 aromatic rings. The molecular formula is C15H25N3O. The lowest BCUT2D eigenvalue weighted by molar-refractivity contribution is 0.202. The van der Waals surface area contributed by atoms with Gasteiger partial charge >= 0.3 is 0 Å². The highest BCUT2D eigenvalue weighted by atomic mass is 16.5. The van der Waals surface area contributed by atoms with Crippen molar-refractivity contribution in [3.63, 3.8) is 0 Å². The van der Waals surface area contributed by atoms with Crippen LogP contribution in [0.2, 0.25) is 0 Å². The van der Waals surface area contributed by atoms with E-state index in [1.807, 2.05) is 19.4 Å². The molecule has 1 fully saturated rings. The number of hydrogen-bond donors (Lipinski definition) is 1. The number of hydrogen-bond acceptors (Lipinski definition) is 4. The fourth-order valence-corrected chi connectivity index (χ4v) is 2.58. The van der Waals surface area contributed by atoms with E-state index >= 15 is 0 Å². The van der Waals surface area contributed by atoms with E-state index in [9.17, 15) is 0 Å². The highest BCUT2D eigenvalue weighted by molar-refractivity contribution is 5.52. The molecule has 0 bridgehead atoms. The Morgan fingerprint density at radius 1 is 1.53 bits per heavy atom. The van der Waals surface area contributed by atoms with E-state index in [1.165, 1.54) is 24.1 Å². The van der Waals surface area contributed by atoms with E-state index in [4.69, 9.17) is 4.74 Å². The van der Waals surface area contributed by atoms with Crippen LogP contribution in [0.15, 0.2) is 18.5 Å². The van der Waals surface area contributed by atoms with E-state index in [0.29, 0.717) is 6.04 Å². The van der Waals surface area contributed by atoms with Crippen LogP contribution >= 0.6 is 0 Å². The van der Waals surface area contributed by atoms with Crippen molar-refractivity contribution in [2.75, 3.05) is 32.2 Å². The van der Waals surface area contributed by atoms with Gasteiger partial charge in [-0.2, -0.15) is 0 Å². The second kappa shape index (κ2) is 6.87. The average Bonchev–Trinajstić information content (AvgIpc) is 3.25. The zero-order valence-electron chi connectivity index (χ0n) is 12.2. The molecule has 1 N–H and O–H groups in total. The van der Waals surface area contributed by atoms with Crippen LogP contribution in [0.3, 0.4) is 0 Å². The number of rotatable bonds is 8. The Labute approximate surface area is 116 Å². The van der Waals surface area contributed by atoms with Gasteiger partial charge < -0.3 is 15.0 Å². The van der Waals surface area contributed by atoms with Crippen LogP contribution in [-0.2, 0) is 11.3 Å². The van der Waals surface area contributed by atoms with Crippen LogP contribution in [-0.4, -0.2) is 38.3 Å². The Bertz CT molecular complexity index is 393. The lowest BCUT2D eigenvalue weighted by Gasteiger charge is -2.32. The summed E-state index contributed by atoms with van der Waals surface area (Å²) in [5.41, 5.74) is 2.55. The van der Waals surface area contributed by atoms with Crippen LogP contribution in [0.25, 0.3) is 0 Å². The Balaban J connectivity index is 2.20. The van der Waals surface area contributed by atoms with E-state index < -0.39 is 0 Å².